The molecule has 0 saturated heterocycles. The molecule has 0 bridgehead atoms. The van der Waals surface area contributed by atoms with E-state index in [1.165, 1.54) is 0 Å². The topological polar surface area (TPSA) is 52.6 Å². The SMILES string of the molecule is CCOC(=O)CC1C(C)C(C)C(C)C(C)C1C(=O)OCC. The molecule has 0 aromatic rings. The van der Waals surface area contributed by atoms with Crippen molar-refractivity contribution in [3.05, 3.63) is 0 Å². The van der Waals surface area contributed by atoms with Gasteiger partial charge in [-0.25, -0.2) is 0 Å². The normalized spacial score (nSPS) is 36.1. The number of hydrogen-bond acceptors (Lipinski definition) is 4. The molecule has 4 nitrogen and oxygen atoms in total. The van der Waals surface area contributed by atoms with Gasteiger partial charge in [0.15, 0.2) is 0 Å². The van der Waals surface area contributed by atoms with Crippen LogP contribution in [-0.4, -0.2) is 25.2 Å². The molecular formula is C17H30O4. The maximum Gasteiger partial charge on any atom is 0.309 e. The molecule has 0 radical (unpaired) electrons. The van der Waals surface area contributed by atoms with E-state index in [1.54, 1.807) is 6.92 Å². The monoisotopic (exact) mass is 298 g/mol. The molecule has 0 aliphatic heterocycles. The molecule has 4 heteroatoms. The molecule has 1 aliphatic rings. The van der Waals surface area contributed by atoms with Gasteiger partial charge in [-0.3, -0.25) is 9.59 Å². The first-order valence-electron chi connectivity index (χ1n) is 8.17. The molecule has 1 aliphatic carbocycles. The van der Waals surface area contributed by atoms with Crippen LogP contribution >= 0.6 is 0 Å². The van der Waals surface area contributed by atoms with E-state index in [2.05, 4.69) is 27.7 Å². The smallest absolute Gasteiger partial charge is 0.309 e. The van der Waals surface area contributed by atoms with Crippen LogP contribution in [0.5, 0.6) is 0 Å². The van der Waals surface area contributed by atoms with Crippen LogP contribution in [0.4, 0.5) is 0 Å². The zero-order chi connectivity index (χ0) is 16.2. The molecule has 0 heterocycles. The van der Waals surface area contributed by atoms with Crippen LogP contribution in [0.2, 0.25) is 0 Å². The molecule has 0 amide bonds. The van der Waals surface area contributed by atoms with Crippen molar-refractivity contribution in [1.29, 1.82) is 0 Å². The highest BCUT2D eigenvalue weighted by molar-refractivity contribution is 5.76. The molecule has 1 rings (SSSR count). The second-order valence-electron chi connectivity index (χ2n) is 6.39. The maximum absolute atomic E-state index is 12.4. The minimum atomic E-state index is -0.212. The van der Waals surface area contributed by atoms with Crippen LogP contribution < -0.4 is 0 Å². The fourth-order valence-electron chi connectivity index (χ4n) is 3.74. The standard InChI is InChI=1S/C17H30O4/c1-7-20-15(18)9-14-12(5)10(3)11(4)13(6)16(14)17(19)21-8-2/h10-14,16H,7-9H2,1-6H3. The highest BCUT2D eigenvalue weighted by Crippen LogP contribution is 2.47. The molecule has 122 valence electrons. The van der Waals surface area contributed by atoms with E-state index < -0.39 is 0 Å². The third-order valence-electron chi connectivity index (χ3n) is 5.46. The summed E-state index contributed by atoms with van der Waals surface area (Å²) in [6, 6.07) is 0. The first-order valence-corrected chi connectivity index (χ1v) is 8.17. The average Bonchev–Trinajstić information content (AvgIpc) is 2.43. The lowest BCUT2D eigenvalue weighted by atomic mass is 9.58. The van der Waals surface area contributed by atoms with Gasteiger partial charge >= 0.3 is 11.9 Å². The van der Waals surface area contributed by atoms with Crippen molar-refractivity contribution >= 4 is 11.9 Å². The summed E-state index contributed by atoms with van der Waals surface area (Å²) in [4.78, 5) is 24.3. The van der Waals surface area contributed by atoms with Crippen LogP contribution in [0.25, 0.3) is 0 Å². The fraction of sp³-hybridized carbons (Fsp3) is 0.882. The Balaban J connectivity index is 2.99. The molecule has 0 spiro atoms. The van der Waals surface area contributed by atoms with Gasteiger partial charge in [0.25, 0.3) is 0 Å². The minimum absolute atomic E-state index is 0.00398. The number of hydrogen-bond donors (Lipinski definition) is 0. The van der Waals surface area contributed by atoms with Gasteiger partial charge in [-0.1, -0.05) is 27.7 Å². The van der Waals surface area contributed by atoms with Gasteiger partial charge in [-0.05, 0) is 43.4 Å². The first kappa shape index (κ1) is 18.0. The Hall–Kier alpha value is -1.06. The Labute approximate surface area is 128 Å². The third-order valence-corrected chi connectivity index (χ3v) is 5.46. The number of carbonyl (C=O) groups is 2. The molecule has 1 saturated carbocycles. The molecule has 0 N–H and O–H groups in total. The summed E-state index contributed by atoms with van der Waals surface area (Å²) in [6.45, 7) is 13.0. The largest absolute Gasteiger partial charge is 0.466 e. The molecule has 1 fully saturated rings. The second-order valence-corrected chi connectivity index (χ2v) is 6.39. The zero-order valence-corrected chi connectivity index (χ0v) is 14.2. The Kier molecular flexibility index (Phi) is 6.69. The predicted octanol–water partition coefficient (Wildman–Crippen LogP) is 3.29. The van der Waals surface area contributed by atoms with Gasteiger partial charge in [0.05, 0.1) is 19.1 Å². The Morgan fingerprint density at radius 2 is 1.33 bits per heavy atom. The third kappa shape index (κ3) is 3.98. The van der Waals surface area contributed by atoms with Crippen LogP contribution in [0.1, 0.15) is 48.0 Å². The highest BCUT2D eigenvalue weighted by Gasteiger charge is 2.47. The van der Waals surface area contributed by atoms with Crippen molar-refractivity contribution in [2.45, 2.75) is 48.0 Å². The predicted molar refractivity (Wildman–Crippen MR) is 81.5 cm³/mol. The number of ether oxygens (including phenoxy) is 2. The van der Waals surface area contributed by atoms with E-state index in [1.807, 2.05) is 6.92 Å². The van der Waals surface area contributed by atoms with Crippen LogP contribution in [0.15, 0.2) is 0 Å². The lowest BCUT2D eigenvalue weighted by molar-refractivity contribution is -0.161. The molecule has 0 aromatic heterocycles. The van der Waals surface area contributed by atoms with Gasteiger partial charge in [-0.15, -0.1) is 0 Å². The van der Waals surface area contributed by atoms with E-state index in [0.717, 1.165) is 0 Å². The first-order chi connectivity index (χ1) is 9.84. The summed E-state index contributed by atoms with van der Waals surface area (Å²) in [7, 11) is 0. The summed E-state index contributed by atoms with van der Waals surface area (Å²) in [6.07, 6.45) is 0.305. The van der Waals surface area contributed by atoms with Gasteiger partial charge < -0.3 is 9.47 Å². The summed E-state index contributed by atoms with van der Waals surface area (Å²) >= 11 is 0. The van der Waals surface area contributed by atoms with Gasteiger partial charge in [0.2, 0.25) is 0 Å². The van der Waals surface area contributed by atoms with Crippen molar-refractivity contribution in [2.24, 2.45) is 35.5 Å². The Bertz CT molecular complexity index is 366. The van der Waals surface area contributed by atoms with Gasteiger partial charge in [0.1, 0.15) is 0 Å². The van der Waals surface area contributed by atoms with Crippen molar-refractivity contribution in [2.75, 3.05) is 13.2 Å². The lowest BCUT2D eigenvalue weighted by Gasteiger charge is -2.46. The van der Waals surface area contributed by atoms with Crippen molar-refractivity contribution in [3.8, 4) is 0 Å². The van der Waals surface area contributed by atoms with E-state index in [0.29, 0.717) is 37.4 Å². The molecule has 6 unspecified atom stereocenters. The number of carbonyl (C=O) groups excluding carboxylic acids is 2. The van der Waals surface area contributed by atoms with Crippen molar-refractivity contribution < 1.29 is 19.1 Å². The van der Waals surface area contributed by atoms with Crippen LogP contribution in [0, 0.1) is 35.5 Å². The fourth-order valence-corrected chi connectivity index (χ4v) is 3.74. The van der Waals surface area contributed by atoms with E-state index >= 15 is 0 Å². The molecule has 21 heavy (non-hydrogen) atoms. The number of rotatable bonds is 5. The molecule has 6 atom stereocenters. The highest BCUT2D eigenvalue weighted by atomic mass is 16.5. The van der Waals surface area contributed by atoms with Gasteiger partial charge in [0, 0.05) is 6.42 Å². The number of esters is 2. The maximum atomic E-state index is 12.4. The van der Waals surface area contributed by atoms with E-state index in [4.69, 9.17) is 9.47 Å². The van der Waals surface area contributed by atoms with Gasteiger partial charge in [-0.2, -0.15) is 0 Å². The van der Waals surface area contributed by atoms with E-state index in [9.17, 15) is 9.59 Å². The molecular weight excluding hydrogens is 268 g/mol. The van der Waals surface area contributed by atoms with Crippen LogP contribution in [-0.2, 0) is 19.1 Å². The Morgan fingerprint density at radius 3 is 1.86 bits per heavy atom. The lowest BCUT2D eigenvalue weighted by Crippen LogP contribution is -2.47. The average molecular weight is 298 g/mol. The van der Waals surface area contributed by atoms with Crippen molar-refractivity contribution in [1.82, 2.24) is 0 Å². The summed E-state index contributed by atoms with van der Waals surface area (Å²) in [5, 5.41) is 0. The Morgan fingerprint density at radius 1 is 0.810 bits per heavy atom. The quantitative estimate of drug-likeness (QED) is 0.731. The van der Waals surface area contributed by atoms with Crippen LogP contribution in [0.3, 0.4) is 0 Å². The summed E-state index contributed by atoms with van der Waals surface area (Å²) in [5.74, 6) is 0.852. The summed E-state index contributed by atoms with van der Waals surface area (Å²) in [5.41, 5.74) is 0. The summed E-state index contributed by atoms with van der Waals surface area (Å²) < 4.78 is 10.4. The second kappa shape index (κ2) is 7.81. The zero-order valence-electron chi connectivity index (χ0n) is 14.2. The van der Waals surface area contributed by atoms with E-state index in [-0.39, 0.29) is 29.7 Å². The minimum Gasteiger partial charge on any atom is -0.466 e. The molecule has 0 aromatic carbocycles. The van der Waals surface area contributed by atoms with Crippen molar-refractivity contribution in [3.63, 3.8) is 0 Å².